The van der Waals surface area contributed by atoms with Gasteiger partial charge in [0.25, 0.3) is 5.91 Å². The molecule has 7 nitrogen and oxygen atoms in total. The van der Waals surface area contributed by atoms with E-state index in [2.05, 4.69) is 23.3 Å². The lowest BCUT2D eigenvalue weighted by molar-refractivity contribution is -0.117. The van der Waals surface area contributed by atoms with Crippen LogP contribution < -0.4 is 10.6 Å². The number of nitrogens with zero attached hydrogens (tertiary/aromatic N) is 1. The van der Waals surface area contributed by atoms with Crippen LogP contribution in [0.15, 0.2) is 60.0 Å². The van der Waals surface area contributed by atoms with E-state index in [0.717, 1.165) is 29.5 Å². The molecule has 1 unspecified atom stereocenters. The molecule has 1 fully saturated rings. The summed E-state index contributed by atoms with van der Waals surface area (Å²) in [6, 6.07) is 11.8. The number of amides is 2. The molecule has 2 aromatic carbocycles. The van der Waals surface area contributed by atoms with Crippen LogP contribution in [-0.4, -0.2) is 43.7 Å². The molecule has 1 atom stereocenters. The molecule has 0 aliphatic carbocycles. The molecule has 0 saturated carbocycles. The van der Waals surface area contributed by atoms with Gasteiger partial charge in [-0.15, -0.1) is 0 Å². The number of carbonyl (C=O) groups excluding carboxylic acids is 2. The Labute approximate surface area is 195 Å². The maximum absolute atomic E-state index is 13.2. The summed E-state index contributed by atoms with van der Waals surface area (Å²) in [7, 11) is -3.74. The minimum atomic E-state index is -3.74. The normalized spacial score (nSPS) is 17.1. The van der Waals surface area contributed by atoms with E-state index in [1.54, 1.807) is 0 Å². The van der Waals surface area contributed by atoms with E-state index >= 15 is 0 Å². The first-order valence-corrected chi connectivity index (χ1v) is 12.5. The van der Waals surface area contributed by atoms with Crippen molar-refractivity contribution in [1.82, 2.24) is 14.9 Å². The van der Waals surface area contributed by atoms with Crippen molar-refractivity contribution in [2.45, 2.75) is 50.6 Å². The lowest BCUT2D eigenvalue weighted by Gasteiger charge is -2.24. The zero-order valence-corrected chi connectivity index (χ0v) is 20.0. The van der Waals surface area contributed by atoms with Gasteiger partial charge in [-0.2, -0.15) is 4.31 Å². The van der Waals surface area contributed by atoms with Crippen LogP contribution in [0.2, 0.25) is 0 Å². The Morgan fingerprint density at radius 2 is 1.76 bits per heavy atom. The first kappa shape index (κ1) is 24.7. The molecule has 176 valence electrons. The highest BCUT2D eigenvalue weighted by molar-refractivity contribution is 7.89. The van der Waals surface area contributed by atoms with Crippen LogP contribution >= 0.6 is 0 Å². The number of aryl methyl sites for hydroxylation is 2. The smallest absolute Gasteiger partial charge is 0.251 e. The average molecular weight is 470 g/mol. The van der Waals surface area contributed by atoms with E-state index in [-0.39, 0.29) is 29.3 Å². The van der Waals surface area contributed by atoms with Crippen LogP contribution in [0.25, 0.3) is 0 Å². The molecule has 0 bridgehead atoms. The number of rotatable bonds is 7. The molecule has 2 aromatic rings. The molecule has 3 rings (SSSR count). The van der Waals surface area contributed by atoms with Gasteiger partial charge in [0.1, 0.15) is 0 Å². The highest BCUT2D eigenvalue weighted by atomic mass is 32.2. The molecule has 1 aliphatic heterocycles. The van der Waals surface area contributed by atoms with Crippen LogP contribution in [0.5, 0.6) is 0 Å². The summed E-state index contributed by atoms with van der Waals surface area (Å²) in [5, 5.41) is 5.69. The Balaban J connectivity index is 1.67. The Morgan fingerprint density at radius 3 is 2.39 bits per heavy atom. The van der Waals surface area contributed by atoms with Crippen molar-refractivity contribution >= 4 is 21.8 Å². The second-order valence-electron chi connectivity index (χ2n) is 8.47. The van der Waals surface area contributed by atoms with Gasteiger partial charge < -0.3 is 10.6 Å². The Morgan fingerprint density at radius 1 is 1.09 bits per heavy atom. The van der Waals surface area contributed by atoms with E-state index in [1.807, 2.05) is 26.0 Å². The van der Waals surface area contributed by atoms with Crippen molar-refractivity contribution < 1.29 is 18.0 Å². The Hall–Kier alpha value is -2.97. The minimum absolute atomic E-state index is 0.129. The van der Waals surface area contributed by atoms with E-state index < -0.39 is 10.0 Å². The highest BCUT2D eigenvalue weighted by Crippen LogP contribution is 2.21. The summed E-state index contributed by atoms with van der Waals surface area (Å²) in [5.74, 6) is -0.574. The van der Waals surface area contributed by atoms with Crippen LogP contribution in [0.1, 0.15) is 46.3 Å². The van der Waals surface area contributed by atoms with Crippen molar-refractivity contribution in [2.75, 3.05) is 13.1 Å². The summed E-state index contributed by atoms with van der Waals surface area (Å²) in [4.78, 5) is 24.3. The van der Waals surface area contributed by atoms with Crippen molar-refractivity contribution in [1.29, 1.82) is 0 Å². The first-order valence-electron chi connectivity index (χ1n) is 11.1. The Bertz CT molecular complexity index is 1110. The van der Waals surface area contributed by atoms with Crippen molar-refractivity contribution in [2.24, 2.45) is 0 Å². The monoisotopic (exact) mass is 469 g/mol. The molecule has 33 heavy (non-hydrogen) atoms. The first-order chi connectivity index (χ1) is 15.7. The fraction of sp³-hybridized carbons (Fsp3) is 0.360. The fourth-order valence-corrected chi connectivity index (χ4v) is 5.61. The molecule has 0 radical (unpaired) electrons. The topological polar surface area (TPSA) is 95.6 Å². The van der Waals surface area contributed by atoms with Crippen LogP contribution in [0.3, 0.4) is 0 Å². The molecular weight excluding hydrogens is 438 g/mol. The van der Waals surface area contributed by atoms with E-state index in [4.69, 9.17) is 0 Å². The largest absolute Gasteiger partial charge is 0.349 e. The van der Waals surface area contributed by atoms with Gasteiger partial charge in [0.2, 0.25) is 15.9 Å². The number of sulfonamides is 1. The van der Waals surface area contributed by atoms with Crippen LogP contribution in [-0.2, 0) is 21.4 Å². The second kappa shape index (κ2) is 10.8. The van der Waals surface area contributed by atoms with Crippen molar-refractivity contribution in [3.05, 3.63) is 77.4 Å². The van der Waals surface area contributed by atoms with Gasteiger partial charge >= 0.3 is 0 Å². The van der Waals surface area contributed by atoms with E-state index in [9.17, 15) is 18.0 Å². The molecule has 8 heteroatoms. The summed E-state index contributed by atoms with van der Waals surface area (Å²) >= 11 is 0. The van der Waals surface area contributed by atoms with Gasteiger partial charge in [0.15, 0.2) is 0 Å². The average Bonchev–Trinajstić information content (AvgIpc) is 3.03. The van der Waals surface area contributed by atoms with Gasteiger partial charge in [-0.05, 0) is 62.6 Å². The maximum atomic E-state index is 13.2. The zero-order chi connectivity index (χ0) is 24.0. The quantitative estimate of drug-likeness (QED) is 0.609. The molecule has 0 aromatic heterocycles. The minimum Gasteiger partial charge on any atom is -0.349 e. The van der Waals surface area contributed by atoms with Gasteiger partial charge in [-0.25, -0.2) is 8.42 Å². The lowest BCUT2D eigenvalue weighted by atomic mass is 10.1. The highest BCUT2D eigenvalue weighted by Gasteiger charge is 2.29. The molecule has 0 spiro atoms. The van der Waals surface area contributed by atoms with Gasteiger partial charge in [0.05, 0.1) is 4.90 Å². The third kappa shape index (κ3) is 6.52. The number of benzene rings is 2. The van der Waals surface area contributed by atoms with Crippen LogP contribution in [0.4, 0.5) is 0 Å². The molecule has 1 heterocycles. The standard InChI is InChI=1S/C25H31N3O4S/c1-4-24(29)27-22-7-5-6-12-28(17-22)33(31,32)23-10-8-21(9-11-23)25(30)26-16-20-14-18(2)13-19(3)15-20/h4,8-11,13-15,22H,1,5-7,12,16-17H2,2-3H3,(H,26,30)(H,27,29). The fourth-order valence-electron chi connectivity index (χ4n) is 4.09. The third-order valence-electron chi connectivity index (χ3n) is 5.65. The van der Waals surface area contributed by atoms with E-state index in [0.29, 0.717) is 25.1 Å². The molecule has 2 N–H and O–H groups in total. The number of carbonyl (C=O) groups is 2. The van der Waals surface area contributed by atoms with Crippen molar-refractivity contribution in [3.63, 3.8) is 0 Å². The molecule has 1 aliphatic rings. The summed E-state index contributed by atoms with van der Waals surface area (Å²) in [6.45, 7) is 8.47. The van der Waals surface area contributed by atoms with Gasteiger partial charge in [-0.1, -0.05) is 42.3 Å². The summed E-state index contributed by atoms with van der Waals surface area (Å²) in [5.41, 5.74) is 3.67. The van der Waals surface area contributed by atoms with Crippen LogP contribution in [0, 0.1) is 13.8 Å². The number of nitrogens with one attached hydrogen (secondary N) is 2. The van der Waals surface area contributed by atoms with Gasteiger partial charge in [0, 0.05) is 31.2 Å². The molecule has 2 amide bonds. The van der Waals surface area contributed by atoms with Crippen molar-refractivity contribution in [3.8, 4) is 0 Å². The molecule has 1 saturated heterocycles. The predicted molar refractivity (Wildman–Crippen MR) is 128 cm³/mol. The molecular formula is C25H31N3O4S. The third-order valence-corrected chi connectivity index (χ3v) is 7.53. The van der Waals surface area contributed by atoms with E-state index in [1.165, 1.54) is 34.6 Å². The lowest BCUT2D eigenvalue weighted by Crippen LogP contribution is -2.44. The summed E-state index contributed by atoms with van der Waals surface area (Å²) in [6.07, 6.45) is 3.45. The second-order valence-corrected chi connectivity index (χ2v) is 10.4. The Kier molecular flexibility index (Phi) is 8.05. The zero-order valence-electron chi connectivity index (χ0n) is 19.1. The number of hydrogen-bond acceptors (Lipinski definition) is 4. The SMILES string of the molecule is C=CC(=O)NC1CCCCN(S(=O)(=O)c2ccc(C(=O)NCc3cc(C)cc(C)c3)cc2)C1. The summed E-state index contributed by atoms with van der Waals surface area (Å²) < 4.78 is 27.8. The number of hydrogen-bond donors (Lipinski definition) is 2. The maximum Gasteiger partial charge on any atom is 0.251 e. The van der Waals surface area contributed by atoms with Gasteiger partial charge in [-0.3, -0.25) is 9.59 Å². The predicted octanol–water partition coefficient (Wildman–Crippen LogP) is 3.08.